The van der Waals surface area contributed by atoms with Crippen LogP contribution in [0.2, 0.25) is 0 Å². The SMILES string of the molecule is c1ccc2c(c1)ccc1sc3c(N(c4ccc5c(c4)oc4ccccc45)c4ccc5oc6ccccc6c5c4)ccnc3c12. The lowest BCUT2D eigenvalue weighted by atomic mass is 10.1. The lowest BCUT2D eigenvalue weighted by Gasteiger charge is -2.26. The Bertz CT molecular complexity index is 2750. The van der Waals surface area contributed by atoms with Crippen molar-refractivity contribution in [1.29, 1.82) is 0 Å². The maximum absolute atomic E-state index is 6.36. The summed E-state index contributed by atoms with van der Waals surface area (Å²) < 4.78 is 14.9. The third-order valence-corrected chi connectivity index (χ3v) is 9.87. The van der Waals surface area contributed by atoms with Gasteiger partial charge in [-0.3, -0.25) is 4.98 Å². The van der Waals surface area contributed by atoms with Gasteiger partial charge in [0.05, 0.1) is 15.9 Å². The van der Waals surface area contributed by atoms with E-state index in [4.69, 9.17) is 13.8 Å². The van der Waals surface area contributed by atoms with Gasteiger partial charge in [-0.15, -0.1) is 11.3 Å². The molecule has 0 amide bonds. The summed E-state index contributed by atoms with van der Waals surface area (Å²) in [5, 5.41) is 8.06. The minimum absolute atomic E-state index is 0.858. The molecule has 0 aliphatic carbocycles. The highest BCUT2D eigenvalue weighted by molar-refractivity contribution is 7.26. The Morgan fingerprint density at radius 2 is 1.18 bits per heavy atom. The van der Waals surface area contributed by atoms with Gasteiger partial charge in [-0.1, -0.05) is 66.7 Å². The molecule has 0 fully saturated rings. The van der Waals surface area contributed by atoms with Crippen molar-refractivity contribution in [3.05, 3.63) is 134 Å². The Morgan fingerprint density at radius 1 is 0.523 bits per heavy atom. The second-order valence-corrected chi connectivity index (χ2v) is 12.2. The molecule has 0 bridgehead atoms. The summed E-state index contributed by atoms with van der Waals surface area (Å²) in [6.07, 6.45) is 1.93. The lowest BCUT2D eigenvalue weighted by Crippen LogP contribution is -2.10. The van der Waals surface area contributed by atoms with Crippen LogP contribution in [0.3, 0.4) is 0 Å². The smallest absolute Gasteiger partial charge is 0.137 e. The molecular formula is C39H22N2O2S. The average molecular weight is 583 g/mol. The molecule has 4 aromatic heterocycles. The Morgan fingerprint density at radius 3 is 2.05 bits per heavy atom. The highest BCUT2D eigenvalue weighted by atomic mass is 32.1. The van der Waals surface area contributed by atoms with Crippen LogP contribution in [0.4, 0.5) is 17.1 Å². The number of pyridine rings is 1. The van der Waals surface area contributed by atoms with E-state index in [1.807, 2.05) is 30.5 Å². The van der Waals surface area contributed by atoms with Gasteiger partial charge in [0.15, 0.2) is 0 Å². The van der Waals surface area contributed by atoms with E-state index in [2.05, 4.69) is 108 Å². The van der Waals surface area contributed by atoms with E-state index in [1.54, 1.807) is 11.3 Å². The third-order valence-electron chi connectivity index (χ3n) is 8.70. The minimum Gasteiger partial charge on any atom is -0.456 e. The molecule has 0 aliphatic rings. The molecule has 0 aliphatic heterocycles. The van der Waals surface area contributed by atoms with Gasteiger partial charge in [0.1, 0.15) is 22.3 Å². The number of fused-ring (bicyclic) bond motifs is 11. The Balaban J connectivity index is 1.28. The summed E-state index contributed by atoms with van der Waals surface area (Å²) >= 11 is 1.79. The molecule has 4 nitrogen and oxygen atoms in total. The van der Waals surface area contributed by atoms with Gasteiger partial charge in [-0.25, -0.2) is 0 Å². The van der Waals surface area contributed by atoms with Crippen molar-refractivity contribution in [2.45, 2.75) is 0 Å². The molecule has 206 valence electrons. The number of para-hydroxylation sites is 2. The molecule has 6 aromatic carbocycles. The molecule has 0 spiro atoms. The Hall–Kier alpha value is -5.65. The van der Waals surface area contributed by atoms with Crippen molar-refractivity contribution in [2.24, 2.45) is 0 Å². The summed E-state index contributed by atoms with van der Waals surface area (Å²) in [6.45, 7) is 0. The molecule has 5 heteroatoms. The predicted molar refractivity (Wildman–Crippen MR) is 184 cm³/mol. The maximum atomic E-state index is 6.36. The molecule has 10 rings (SSSR count). The van der Waals surface area contributed by atoms with Crippen molar-refractivity contribution in [3.63, 3.8) is 0 Å². The van der Waals surface area contributed by atoms with Gasteiger partial charge in [-0.2, -0.15) is 0 Å². The van der Waals surface area contributed by atoms with Crippen molar-refractivity contribution in [3.8, 4) is 0 Å². The number of nitrogens with zero attached hydrogens (tertiary/aromatic N) is 2. The van der Waals surface area contributed by atoms with Crippen LogP contribution >= 0.6 is 11.3 Å². The van der Waals surface area contributed by atoms with Crippen LogP contribution in [0.15, 0.2) is 142 Å². The quantitative estimate of drug-likeness (QED) is 0.208. The van der Waals surface area contributed by atoms with Crippen LogP contribution in [0, 0.1) is 0 Å². The fourth-order valence-electron chi connectivity index (χ4n) is 6.72. The number of hydrogen-bond donors (Lipinski definition) is 0. The van der Waals surface area contributed by atoms with E-state index in [0.717, 1.165) is 71.2 Å². The summed E-state index contributed by atoms with van der Waals surface area (Å²) in [4.78, 5) is 7.29. The van der Waals surface area contributed by atoms with Gasteiger partial charge in [0.25, 0.3) is 0 Å². The average Bonchev–Trinajstić information content (AvgIpc) is 3.76. The van der Waals surface area contributed by atoms with E-state index in [1.165, 1.54) is 20.9 Å². The fraction of sp³-hybridized carbons (Fsp3) is 0. The van der Waals surface area contributed by atoms with Gasteiger partial charge in [-0.05, 0) is 65.4 Å². The number of aromatic nitrogens is 1. The van der Waals surface area contributed by atoms with Gasteiger partial charge in [0, 0.05) is 55.3 Å². The molecule has 4 heterocycles. The van der Waals surface area contributed by atoms with Crippen molar-refractivity contribution >= 4 is 103 Å². The highest BCUT2D eigenvalue weighted by Crippen LogP contribution is 2.47. The van der Waals surface area contributed by atoms with Crippen LogP contribution < -0.4 is 4.90 Å². The summed E-state index contributed by atoms with van der Waals surface area (Å²) in [6, 6.07) is 44.5. The molecular weight excluding hydrogens is 561 g/mol. The fourth-order valence-corrected chi connectivity index (χ4v) is 7.90. The van der Waals surface area contributed by atoms with E-state index >= 15 is 0 Å². The van der Waals surface area contributed by atoms with Crippen LogP contribution in [0.5, 0.6) is 0 Å². The van der Waals surface area contributed by atoms with Crippen molar-refractivity contribution in [1.82, 2.24) is 4.98 Å². The second-order valence-electron chi connectivity index (χ2n) is 11.2. The standard InChI is InChI=1S/C39H22N2O2S/c1-2-8-26-23(7-1)13-18-36-37(26)38-39(44-36)31(19-20-40-38)41(24-15-17-34-30(21-24)28-10-4-6-12-33(28)42-34)25-14-16-29-27-9-3-5-11-32(27)43-35(29)22-25/h1-22H. The minimum atomic E-state index is 0.858. The first-order valence-electron chi connectivity index (χ1n) is 14.6. The van der Waals surface area contributed by atoms with Crippen molar-refractivity contribution in [2.75, 3.05) is 4.90 Å². The summed E-state index contributed by atoms with van der Waals surface area (Å²) in [7, 11) is 0. The molecule has 10 aromatic rings. The van der Waals surface area contributed by atoms with Crippen LogP contribution in [0.1, 0.15) is 0 Å². The highest BCUT2D eigenvalue weighted by Gasteiger charge is 2.22. The zero-order chi connectivity index (χ0) is 28.8. The molecule has 0 saturated carbocycles. The maximum Gasteiger partial charge on any atom is 0.137 e. The van der Waals surface area contributed by atoms with E-state index < -0.39 is 0 Å². The first-order chi connectivity index (χ1) is 21.8. The van der Waals surface area contributed by atoms with Gasteiger partial charge >= 0.3 is 0 Å². The van der Waals surface area contributed by atoms with E-state index in [-0.39, 0.29) is 0 Å². The zero-order valence-electron chi connectivity index (χ0n) is 23.3. The topological polar surface area (TPSA) is 42.4 Å². The predicted octanol–water partition coefficient (Wildman–Crippen LogP) is 11.9. The number of furan rings is 2. The Kier molecular flexibility index (Phi) is 4.84. The third kappa shape index (κ3) is 3.36. The zero-order valence-corrected chi connectivity index (χ0v) is 24.1. The van der Waals surface area contributed by atoms with Crippen LogP contribution in [0.25, 0.3) is 75.0 Å². The normalized spacial score (nSPS) is 12.1. The summed E-state index contributed by atoms with van der Waals surface area (Å²) in [5.41, 5.74) is 7.64. The molecule has 0 atom stereocenters. The number of hydrogen-bond acceptors (Lipinski definition) is 5. The second kappa shape index (κ2) is 8.93. The number of anilines is 3. The molecule has 0 unspecified atom stereocenters. The van der Waals surface area contributed by atoms with Gasteiger partial charge in [0.2, 0.25) is 0 Å². The monoisotopic (exact) mass is 582 g/mol. The molecule has 0 radical (unpaired) electrons. The van der Waals surface area contributed by atoms with Gasteiger partial charge < -0.3 is 13.7 Å². The van der Waals surface area contributed by atoms with E-state index in [9.17, 15) is 0 Å². The Labute approximate surface area is 255 Å². The summed E-state index contributed by atoms with van der Waals surface area (Å²) in [5.74, 6) is 0. The number of thiophene rings is 1. The van der Waals surface area contributed by atoms with Crippen molar-refractivity contribution < 1.29 is 8.83 Å². The molecule has 0 N–H and O–H groups in total. The number of rotatable bonds is 3. The van der Waals surface area contributed by atoms with E-state index in [0.29, 0.717) is 0 Å². The first-order valence-corrected chi connectivity index (χ1v) is 15.4. The first kappa shape index (κ1) is 23.9. The van der Waals surface area contributed by atoms with Crippen LogP contribution in [-0.4, -0.2) is 4.98 Å². The molecule has 44 heavy (non-hydrogen) atoms. The van der Waals surface area contributed by atoms with Crippen LogP contribution in [-0.2, 0) is 0 Å². The number of benzene rings is 6. The largest absolute Gasteiger partial charge is 0.456 e. The molecule has 0 saturated heterocycles. The lowest BCUT2D eigenvalue weighted by molar-refractivity contribution is 0.668.